The Morgan fingerprint density at radius 1 is 0.929 bits per heavy atom. The van der Waals surface area contributed by atoms with Gasteiger partial charge in [-0.15, -0.1) is 11.3 Å². The maximum Gasteiger partial charge on any atom is 0.303 e. The summed E-state index contributed by atoms with van der Waals surface area (Å²) in [6.45, 7) is 0.391. The molecule has 10 heteroatoms. The molecule has 220 valence electrons. The predicted octanol–water partition coefficient (Wildman–Crippen LogP) is 6.39. The van der Waals surface area contributed by atoms with E-state index in [-0.39, 0.29) is 31.1 Å². The van der Waals surface area contributed by atoms with Gasteiger partial charge in [-0.05, 0) is 41.7 Å². The van der Waals surface area contributed by atoms with Crippen LogP contribution in [0, 0.1) is 0 Å². The summed E-state index contributed by atoms with van der Waals surface area (Å²) >= 11 is 3.38. The van der Waals surface area contributed by atoms with Gasteiger partial charge >= 0.3 is 5.97 Å². The Labute approximate surface area is 253 Å². The van der Waals surface area contributed by atoms with Crippen LogP contribution in [0.5, 0.6) is 0 Å². The molecule has 1 amide bonds. The van der Waals surface area contributed by atoms with Crippen molar-refractivity contribution in [3.05, 3.63) is 95.1 Å². The SMILES string of the molecule is O=C(O)CCCCC(=O)NCc1ccc([C@H]2O[C@@H](CSc3nc4ccccc4s3)C[C@@H](c3ccc(CO)cc3)O2)cc1. The van der Waals surface area contributed by atoms with Gasteiger partial charge in [0.15, 0.2) is 10.6 Å². The number of carboxylic acid groups (broad SMARTS) is 1. The quantitative estimate of drug-likeness (QED) is 0.118. The average molecular weight is 607 g/mol. The number of thioether (sulfide) groups is 1. The molecule has 1 aliphatic heterocycles. The molecule has 3 atom stereocenters. The third-order valence-electron chi connectivity index (χ3n) is 7.07. The maximum atomic E-state index is 12.1. The van der Waals surface area contributed by atoms with E-state index in [1.165, 1.54) is 4.70 Å². The number of unbranched alkanes of at least 4 members (excludes halogenated alkanes) is 1. The molecule has 0 saturated carbocycles. The molecular weight excluding hydrogens is 572 g/mol. The smallest absolute Gasteiger partial charge is 0.303 e. The first-order valence-corrected chi connectivity index (χ1v) is 15.8. The Bertz CT molecular complexity index is 1440. The van der Waals surface area contributed by atoms with Gasteiger partial charge in [0.1, 0.15) is 0 Å². The molecule has 3 aromatic carbocycles. The van der Waals surface area contributed by atoms with E-state index in [1.807, 2.05) is 66.7 Å². The van der Waals surface area contributed by atoms with E-state index in [0.717, 1.165) is 37.9 Å². The maximum absolute atomic E-state index is 12.1. The summed E-state index contributed by atoms with van der Waals surface area (Å²) in [5.41, 5.74) is 4.75. The van der Waals surface area contributed by atoms with Crippen LogP contribution in [0.25, 0.3) is 10.2 Å². The molecule has 0 spiro atoms. The fourth-order valence-corrected chi connectivity index (χ4v) is 6.86. The van der Waals surface area contributed by atoms with Crippen molar-refractivity contribution in [1.82, 2.24) is 10.3 Å². The Hall–Kier alpha value is -3.28. The highest BCUT2D eigenvalue weighted by Crippen LogP contribution is 2.40. The number of rotatable bonds is 13. The number of thiazole rings is 1. The van der Waals surface area contributed by atoms with Gasteiger partial charge in [-0.2, -0.15) is 0 Å². The Kier molecular flexibility index (Phi) is 10.6. The van der Waals surface area contributed by atoms with Gasteiger partial charge < -0.3 is 25.0 Å². The number of carboxylic acids is 1. The van der Waals surface area contributed by atoms with Crippen LogP contribution in [0.3, 0.4) is 0 Å². The second-order valence-corrected chi connectivity index (χ2v) is 12.5. The first kappa shape index (κ1) is 30.2. The van der Waals surface area contributed by atoms with E-state index in [4.69, 9.17) is 19.6 Å². The topological polar surface area (TPSA) is 118 Å². The number of para-hydroxylation sites is 1. The van der Waals surface area contributed by atoms with Crippen LogP contribution in [0.4, 0.5) is 0 Å². The summed E-state index contributed by atoms with van der Waals surface area (Å²) in [6.07, 6.45) is 1.34. The number of benzene rings is 3. The lowest BCUT2D eigenvalue weighted by Gasteiger charge is -2.36. The van der Waals surface area contributed by atoms with Crippen LogP contribution in [-0.2, 0) is 32.2 Å². The lowest BCUT2D eigenvalue weighted by Crippen LogP contribution is -2.31. The highest BCUT2D eigenvalue weighted by Gasteiger charge is 2.32. The number of fused-ring (bicyclic) bond motifs is 1. The number of carbonyl (C=O) groups excluding carboxylic acids is 1. The molecular formula is C32H34N2O6S2. The second-order valence-electron chi connectivity index (χ2n) is 10.2. The number of aliphatic hydroxyl groups is 1. The van der Waals surface area contributed by atoms with E-state index < -0.39 is 12.3 Å². The fraction of sp³-hybridized carbons (Fsp3) is 0.344. The number of aromatic nitrogens is 1. The largest absolute Gasteiger partial charge is 0.481 e. The Morgan fingerprint density at radius 3 is 2.38 bits per heavy atom. The fourth-order valence-electron chi connectivity index (χ4n) is 4.74. The minimum absolute atomic E-state index is 0.00347. The summed E-state index contributed by atoms with van der Waals surface area (Å²) < 4.78 is 15.1. The second kappa shape index (κ2) is 14.8. The van der Waals surface area contributed by atoms with Crippen molar-refractivity contribution in [2.45, 2.75) is 68.1 Å². The van der Waals surface area contributed by atoms with Crippen LogP contribution in [-0.4, -0.2) is 38.9 Å². The van der Waals surface area contributed by atoms with Crippen molar-refractivity contribution >= 4 is 45.2 Å². The van der Waals surface area contributed by atoms with Crippen molar-refractivity contribution < 1.29 is 29.3 Å². The first-order valence-electron chi connectivity index (χ1n) is 14.0. The highest BCUT2D eigenvalue weighted by atomic mass is 32.2. The van der Waals surface area contributed by atoms with Crippen LogP contribution in [0.15, 0.2) is 77.1 Å². The number of hydrogen-bond donors (Lipinski definition) is 3. The molecule has 8 nitrogen and oxygen atoms in total. The van der Waals surface area contributed by atoms with E-state index in [1.54, 1.807) is 23.1 Å². The summed E-state index contributed by atoms with van der Waals surface area (Å²) in [5, 5.41) is 21.1. The van der Waals surface area contributed by atoms with Crippen molar-refractivity contribution in [1.29, 1.82) is 0 Å². The number of carbonyl (C=O) groups is 2. The van der Waals surface area contributed by atoms with Crippen molar-refractivity contribution in [2.75, 3.05) is 5.75 Å². The summed E-state index contributed by atoms with van der Waals surface area (Å²) in [6, 6.07) is 23.8. The van der Waals surface area contributed by atoms with Crippen molar-refractivity contribution in [3.63, 3.8) is 0 Å². The molecule has 4 aromatic rings. The molecule has 2 heterocycles. The zero-order valence-corrected chi connectivity index (χ0v) is 24.7. The third kappa shape index (κ3) is 8.39. The number of hydrogen-bond acceptors (Lipinski definition) is 8. The van der Waals surface area contributed by atoms with E-state index in [9.17, 15) is 14.7 Å². The monoisotopic (exact) mass is 606 g/mol. The van der Waals surface area contributed by atoms with Crippen LogP contribution >= 0.6 is 23.1 Å². The van der Waals surface area contributed by atoms with Gasteiger partial charge in [0.05, 0.1) is 29.0 Å². The number of aliphatic carboxylic acids is 1. The minimum atomic E-state index is -0.842. The molecule has 1 aliphatic rings. The Balaban J connectivity index is 1.22. The van der Waals surface area contributed by atoms with Crippen LogP contribution in [0.1, 0.15) is 66.8 Å². The summed E-state index contributed by atoms with van der Waals surface area (Å²) in [5.74, 6) is -0.195. The van der Waals surface area contributed by atoms with E-state index in [2.05, 4.69) is 11.4 Å². The standard InChI is InChI=1S/C32H34N2O6S2/c35-19-22-11-13-23(14-12-22)27-17-25(20-41-32-34-26-5-1-2-6-28(26)42-32)39-31(40-27)24-15-9-21(10-16-24)18-33-29(36)7-3-4-8-30(37)38/h1-2,5-6,9-16,25,27,31,35H,3-4,7-8,17-20H2,(H,33,36)(H,37,38)/t25-,27+,31+/m1/s1. The first-order chi connectivity index (χ1) is 20.5. The molecule has 1 saturated heterocycles. The van der Waals surface area contributed by atoms with Crippen LogP contribution < -0.4 is 5.32 Å². The van der Waals surface area contributed by atoms with E-state index in [0.29, 0.717) is 32.2 Å². The number of aliphatic hydroxyl groups excluding tert-OH is 1. The Morgan fingerprint density at radius 2 is 1.64 bits per heavy atom. The lowest BCUT2D eigenvalue weighted by atomic mass is 10.0. The predicted molar refractivity (Wildman–Crippen MR) is 163 cm³/mol. The van der Waals surface area contributed by atoms with Gasteiger partial charge in [-0.1, -0.05) is 72.4 Å². The lowest BCUT2D eigenvalue weighted by molar-refractivity contribution is -0.245. The summed E-state index contributed by atoms with van der Waals surface area (Å²) in [4.78, 5) is 27.5. The molecule has 42 heavy (non-hydrogen) atoms. The molecule has 0 unspecified atom stereocenters. The van der Waals surface area contributed by atoms with Gasteiger partial charge in [-0.25, -0.2) is 4.98 Å². The van der Waals surface area contributed by atoms with Crippen molar-refractivity contribution in [2.24, 2.45) is 0 Å². The number of ether oxygens (including phenoxy) is 2. The summed E-state index contributed by atoms with van der Waals surface area (Å²) in [7, 11) is 0. The highest BCUT2D eigenvalue weighted by molar-refractivity contribution is 8.01. The normalized spacial score (nSPS) is 18.6. The molecule has 0 aliphatic carbocycles. The number of nitrogens with one attached hydrogen (secondary N) is 1. The average Bonchev–Trinajstić information content (AvgIpc) is 3.44. The minimum Gasteiger partial charge on any atom is -0.481 e. The molecule has 0 bridgehead atoms. The van der Waals surface area contributed by atoms with Gasteiger partial charge in [0, 0.05) is 37.1 Å². The van der Waals surface area contributed by atoms with Crippen LogP contribution in [0.2, 0.25) is 0 Å². The number of amides is 1. The molecule has 3 N–H and O–H groups in total. The third-order valence-corrected chi connectivity index (χ3v) is 9.38. The molecule has 5 rings (SSSR count). The van der Waals surface area contributed by atoms with E-state index >= 15 is 0 Å². The number of nitrogens with zero attached hydrogens (tertiary/aromatic N) is 1. The van der Waals surface area contributed by atoms with Crippen molar-refractivity contribution in [3.8, 4) is 0 Å². The molecule has 0 radical (unpaired) electrons. The van der Waals surface area contributed by atoms with Gasteiger partial charge in [-0.3, -0.25) is 9.59 Å². The molecule has 1 aromatic heterocycles. The zero-order chi connectivity index (χ0) is 29.3. The molecule has 1 fully saturated rings. The zero-order valence-electron chi connectivity index (χ0n) is 23.1. The van der Waals surface area contributed by atoms with Gasteiger partial charge in [0.2, 0.25) is 5.91 Å². The van der Waals surface area contributed by atoms with Gasteiger partial charge in [0.25, 0.3) is 0 Å².